The molecule has 1 saturated heterocycles. The normalized spacial score (nSPS) is 15.2. The lowest BCUT2D eigenvalue weighted by Crippen LogP contribution is -2.37. The molecule has 1 heterocycles. The van der Waals surface area contributed by atoms with E-state index in [4.69, 9.17) is 4.74 Å². The Labute approximate surface area is 138 Å². The fourth-order valence-electron chi connectivity index (χ4n) is 2.72. The molecule has 0 atom stereocenters. The molecule has 5 nitrogen and oxygen atoms in total. The third-order valence-electron chi connectivity index (χ3n) is 3.99. The van der Waals surface area contributed by atoms with E-state index in [0.29, 0.717) is 32.5 Å². The van der Waals surface area contributed by atoms with Crippen molar-refractivity contribution in [3.8, 4) is 5.75 Å². The SMILES string of the molecule is CCCC(=O)N1CCCN(C(=O)CCOc2ccccc2)CC1. The van der Waals surface area contributed by atoms with E-state index in [-0.39, 0.29) is 11.8 Å². The van der Waals surface area contributed by atoms with Crippen LogP contribution in [0.4, 0.5) is 0 Å². The van der Waals surface area contributed by atoms with E-state index in [2.05, 4.69) is 0 Å². The van der Waals surface area contributed by atoms with Crippen molar-refractivity contribution in [2.45, 2.75) is 32.6 Å². The van der Waals surface area contributed by atoms with Crippen molar-refractivity contribution < 1.29 is 14.3 Å². The Kier molecular flexibility index (Phi) is 6.91. The summed E-state index contributed by atoms with van der Waals surface area (Å²) in [4.78, 5) is 28.0. The number of rotatable bonds is 6. The minimum absolute atomic E-state index is 0.103. The van der Waals surface area contributed by atoms with Crippen LogP contribution in [0, 0.1) is 0 Å². The van der Waals surface area contributed by atoms with Gasteiger partial charge in [-0.3, -0.25) is 9.59 Å². The van der Waals surface area contributed by atoms with Gasteiger partial charge in [0.05, 0.1) is 13.0 Å². The van der Waals surface area contributed by atoms with Crippen molar-refractivity contribution in [1.82, 2.24) is 9.80 Å². The Balaban J connectivity index is 1.73. The Morgan fingerprint density at radius 1 is 0.957 bits per heavy atom. The first-order valence-corrected chi connectivity index (χ1v) is 8.44. The number of carbonyl (C=O) groups excluding carboxylic acids is 2. The topological polar surface area (TPSA) is 49.9 Å². The van der Waals surface area contributed by atoms with Crippen LogP contribution in [0.25, 0.3) is 0 Å². The van der Waals surface area contributed by atoms with Gasteiger partial charge in [0.1, 0.15) is 5.75 Å². The van der Waals surface area contributed by atoms with Crippen molar-refractivity contribution in [3.63, 3.8) is 0 Å². The maximum atomic E-state index is 12.3. The lowest BCUT2D eigenvalue weighted by Gasteiger charge is -2.22. The number of carbonyl (C=O) groups is 2. The molecular formula is C18H26N2O3. The minimum Gasteiger partial charge on any atom is -0.493 e. The fourth-order valence-corrected chi connectivity index (χ4v) is 2.72. The van der Waals surface area contributed by atoms with Crippen LogP contribution in [0.3, 0.4) is 0 Å². The largest absolute Gasteiger partial charge is 0.493 e. The first-order valence-electron chi connectivity index (χ1n) is 8.44. The molecule has 0 N–H and O–H groups in total. The van der Waals surface area contributed by atoms with Gasteiger partial charge in [-0.2, -0.15) is 0 Å². The maximum Gasteiger partial charge on any atom is 0.226 e. The summed E-state index contributed by atoms with van der Waals surface area (Å²) in [5.41, 5.74) is 0. The van der Waals surface area contributed by atoms with Gasteiger partial charge in [-0.1, -0.05) is 25.1 Å². The zero-order chi connectivity index (χ0) is 16.5. The van der Waals surface area contributed by atoms with Gasteiger partial charge in [0.2, 0.25) is 11.8 Å². The lowest BCUT2D eigenvalue weighted by atomic mass is 10.3. The van der Waals surface area contributed by atoms with E-state index >= 15 is 0 Å². The summed E-state index contributed by atoms with van der Waals surface area (Å²) in [5.74, 6) is 1.09. The second kappa shape index (κ2) is 9.18. The van der Waals surface area contributed by atoms with E-state index in [1.807, 2.05) is 47.1 Å². The molecule has 0 bridgehead atoms. The molecular weight excluding hydrogens is 292 g/mol. The average molecular weight is 318 g/mol. The van der Waals surface area contributed by atoms with Crippen molar-refractivity contribution >= 4 is 11.8 Å². The predicted molar refractivity (Wildman–Crippen MR) is 89.2 cm³/mol. The van der Waals surface area contributed by atoms with E-state index < -0.39 is 0 Å². The summed E-state index contributed by atoms with van der Waals surface area (Å²) >= 11 is 0. The van der Waals surface area contributed by atoms with E-state index in [9.17, 15) is 9.59 Å². The van der Waals surface area contributed by atoms with Crippen LogP contribution < -0.4 is 4.74 Å². The smallest absolute Gasteiger partial charge is 0.226 e. The number of amides is 2. The first kappa shape index (κ1) is 17.3. The number of benzene rings is 1. The molecule has 2 amide bonds. The van der Waals surface area contributed by atoms with Gasteiger partial charge in [0.25, 0.3) is 0 Å². The highest BCUT2D eigenvalue weighted by atomic mass is 16.5. The maximum absolute atomic E-state index is 12.3. The van der Waals surface area contributed by atoms with Crippen molar-refractivity contribution in [3.05, 3.63) is 30.3 Å². The van der Waals surface area contributed by atoms with Crippen LogP contribution in [0.1, 0.15) is 32.6 Å². The van der Waals surface area contributed by atoms with Crippen LogP contribution in [-0.2, 0) is 9.59 Å². The second-order valence-corrected chi connectivity index (χ2v) is 5.78. The number of para-hydroxylation sites is 1. The highest BCUT2D eigenvalue weighted by Gasteiger charge is 2.21. The molecule has 1 aliphatic heterocycles. The Morgan fingerprint density at radius 2 is 1.57 bits per heavy atom. The zero-order valence-corrected chi connectivity index (χ0v) is 13.9. The van der Waals surface area contributed by atoms with Gasteiger partial charge < -0.3 is 14.5 Å². The minimum atomic E-state index is 0.103. The monoisotopic (exact) mass is 318 g/mol. The molecule has 126 valence electrons. The molecule has 0 saturated carbocycles. The Morgan fingerprint density at radius 3 is 2.17 bits per heavy atom. The zero-order valence-electron chi connectivity index (χ0n) is 13.9. The summed E-state index contributed by atoms with van der Waals surface area (Å²) < 4.78 is 5.58. The highest BCUT2D eigenvalue weighted by Crippen LogP contribution is 2.10. The van der Waals surface area contributed by atoms with E-state index in [1.54, 1.807) is 0 Å². The Bertz CT molecular complexity index is 504. The number of hydrogen-bond acceptors (Lipinski definition) is 3. The van der Waals surface area contributed by atoms with Crippen molar-refractivity contribution in [1.29, 1.82) is 0 Å². The van der Waals surface area contributed by atoms with E-state index in [0.717, 1.165) is 31.7 Å². The number of nitrogens with zero attached hydrogens (tertiary/aromatic N) is 2. The molecule has 0 radical (unpaired) electrons. The molecule has 0 aliphatic carbocycles. The van der Waals surface area contributed by atoms with Crippen molar-refractivity contribution in [2.24, 2.45) is 0 Å². The molecule has 1 fully saturated rings. The highest BCUT2D eigenvalue weighted by molar-refractivity contribution is 5.77. The van der Waals surface area contributed by atoms with Gasteiger partial charge in [-0.25, -0.2) is 0 Å². The number of hydrogen-bond donors (Lipinski definition) is 0. The van der Waals surface area contributed by atoms with Crippen LogP contribution in [0.15, 0.2) is 30.3 Å². The molecule has 23 heavy (non-hydrogen) atoms. The third-order valence-corrected chi connectivity index (χ3v) is 3.99. The molecule has 1 aromatic carbocycles. The van der Waals surface area contributed by atoms with Gasteiger partial charge in [0.15, 0.2) is 0 Å². The van der Waals surface area contributed by atoms with Gasteiger partial charge in [-0.15, -0.1) is 0 Å². The summed E-state index contributed by atoms with van der Waals surface area (Å²) in [7, 11) is 0. The summed E-state index contributed by atoms with van der Waals surface area (Å²) in [6.07, 6.45) is 2.69. The predicted octanol–water partition coefficient (Wildman–Crippen LogP) is 2.32. The molecule has 5 heteroatoms. The molecule has 1 aliphatic rings. The molecule has 1 aromatic rings. The first-order chi connectivity index (χ1) is 11.2. The quantitative estimate of drug-likeness (QED) is 0.809. The fraction of sp³-hybridized carbons (Fsp3) is 0.556. The van der Waals surface area contributed by atoms with Gasteiger partial charge in [0, 0.05) is 32.6 Å². The van der Waals surface area contributed by atoms with Crippen molar-refractivity contribution in [2.75, 3.05) is 32.8 Å². The molecule has 2 rings (SSSR count). The second-order valence-electron chi connectivity index (χ2n) is 5.78. The summed E-state index contributed by atoms with van der Waals surface area (Å²) in [6.45, 7) is 5.14. The molecule has 0 aromatic heterocycles. The number of ether oxygens (including phenoxy) is 1. The third kappa shape index (κ3) is 5.58. The van der Waals surface area contributed by atoms with Crippen LogP contribution >= 0.6 is 0 Å². The van der Waals surface area contributed by atoms with Gasteiger partial charge >= 0.3 is 0 Å². The van der Waals surface area contributed by atoms with Crippen LogP contribution in [-0.4, -0.2) is 54.4 Å². The average Bonchev–Trinajstić information content (AvgIpc) is 2.82. The lowest BCUT2D eigenvalue weighted by molar-refractivity contribution is -0.133. The Hall–Kier alpha value is -2.04. The van der Waals surface area contributed by atoms with Gasteiger partial charge in [-0.05, 0) is 25.0 Å². The standard InChI is InChI=1S/C18H26N2O3/c1-2-7-17(21)19-11-6-12-20(14-13-19)18(22)10-15-23-16-8-4-3-5-9-16/h3-5,8-9H,2,6-7,10-15H2,1H3. The summed E-state index contributed by atoms with van der Waals surface area (Å²) in [6, 6.07) is 9.52. The van der Waals surface area contributed by atoms with E-state index in [1.165, 1.54) is 0 Å². The van der Waals surface area contributed by atoms with Crippen LogP contribution in [0.5, 0.6) is 5.75 Å². The van der Waals surface area contributed by atoms with Crippen LogP contribution in [0.2, 0.25) is 0 Å². The summed E-state index contributed by atoms with van der Waals surface area (Å²) in [5, 5.41) is 0. The molecule has 0 unspecified atom stereocenters. The molecule has 0 spiro atoms.